The van der Waals surface area contributed by atoms with E-state index in [2.05, 4.69) is 4.98 Å². The normalized spacial score (nSPS) is 13.9. The summed E-state index contributed by atoms with van der Waals surface area (Å²) in [6.45, 7) is 0.272. The van der Waals surface area contributed by atoms with E-state index in [4.69, 9.17) is 27.9 Å². The lowest BCUT2D eigenvalue weighted by Gasteiger charge is -2.29. The lowest BCUT2D eigenvalue weighted by atomic mass is 10.2. The molecule has 1 aliphatic heterocycles. The molecule has 0 saturated heterocycles. The van der Waals surface area contributed by atoms with Gasteiger partial charge in [0.2, 0.25) is 0 Å². The number of fused-ring (bicyclic) bond motifs is 1. The van der Waals surface area contributed by atoms with Gasteiger partial charge in [-0.1, -0.05) is 35.3 Å². The van der Waals surface area contributed by atoms with E-state index in [1.807, 2.05) is 24.3 Å². The van der Waals surface area contributed by atoms with Crippen LogP contribution < -0.4 is 9.64 Å². The van der Waals surface area contributed by atoms with Gasteiger partial charge in [-0.3, -0.25) is 9.69 Å². The zero-order valence-corrected chi connectivity index (χ0v) is 11.9. The van der Waals surface area contributed by atoms with Gasteiger partial charge in [0.1, 0.15) is 10.9 Å². The number of halogens is 2. The van der Waals surface area contributed by atoms with E-state index in [1.165, 1.54) is 0 Å². The van der Waals surface area contributed by atoms with Gasteiger partial charge in [0.25, 0.3) is 5.91 Å². The molecule has 20 heavy (non-hydrogen) atoms. The first-order chi connectivity index (χ1) is 9.65. The number of rotatable bonds is 2. The number of hydrogen-bond donors (Lipinski definition) is 0. The van der Waals surface area contributed by atoms with Crippen molar-refractivity contribution in [3.05, 3.63) is 52.3 Å². The molecular weight excluding hydrogens is 299 g/mol. The summed E-state index contributed by atoms with van der Waals surface area (Å²) in [5.74, 6) is 0.534. The van der Waals surface area contributed by atoms with Crippen LogP contribution in [-0.2, 0) is 11.3 Å². The summed E-state index contributed by atoms with van der Waals surface area (Å²) in [5, 5.41) is 0.824. The lowest BCUT2D eigenvalue weighted by Crippen LogP contribution is -2.38. The molecule has 3 rings (SSSR count). The molecule has 2 heterocycles. The topological polar surface area (TPSA) is 42.4 Å². The second-order valence-electron chi connectivity index (χ2n) is 4.30. The molecule has 0 unspecified atom stereocenters. The van der Waals surface area contributed by atoms with Crippen molar-refractivity contribution in [2.75, 3.05) is 11.5 Å². The quantitative estimate of drug-likeness (QED) is 0.799. The molecule has 0 N–H and O–H groups in total. The van der Waals surface area contributed by atoms with Gasteiger partial charge in [0.15, 0.2) is 6.61 Å². The molecule has 1 aromatic carbocycles. The first-order valence-corrected chi connectivity index (χ1v) is 6.74. The number of carbonyl (C=O) groups excluding carboxylic acids is 1. The van der Waals surface area contributed by atoms with Gasteiger partial charge in [-0.05, 0) is 24.3 Å². The Morgan fingerprint density at radius 1 is 1.20 bits per heavy atom. The summed E-state index contributed by atoms with van der Waals surface area (Å²) in [6.07, 6.45) is 0. The maximum absolute atomic E-state index is 12.1. The number of aromatic nitrogens is 1. The molecule has 6 heteroatoms. The maximum atomic E-state index is 12.1. The van der Waals surface area contributed by atoms with Crippen LogP contribution in [-0.4, -0.2) is 17.5 Å². The Hall–Kier alpha value is -1.78. The van der Waals surface area contributed by atoms with Crippen LogP contribution in [0, 0.1) is 0 Å². The number of para-hydroxylation sites is 2. The summed E-state index contributed by atoms with van der Waals surface area (Å²) in [7, 11) is 0. The number of pyridine rings is 1. The van der Waals surface area contributed by atoms with Crippen LogP contribution >= 0.6 is 23.2 Å². The van der Waals surface area contributed by atoms with Crippen molar-refractivity contribution in [2.24, 2.45) is 0 Å². The molecule has 102 valence electrons. The van der Waals surface area contributed by atoms with Gasteiger partial charge in [-0.2, -0.15) is 0 Å². The SMILES string of the molecule is O=C1COc2ccccc2N1Cc1nc(Cl)ccc1Cl. The van der Waals surface area contributed by atoms with Crippen LogP contribution in [0.15, 0.2) is 36.4 Å². The number of benzene rings is 1. The van der Waals surface area contributed by atoms with Gasteiger partial charge in [0.05, 0.1) is 22.9 Å². The molecule has 1 aliphatic rings. The van der Waals surface area contributed by atoms with Gasteiger partial charge in [-0.25, -0.2) is 4.98 Å². The molecule has 0 bridgehead atoms. The smallest absolute Gasteiger partial charge is 0.265 e. The third-order valence-corrected chi connectivity index (χ3v) is 3.56. The lowest BCUT2D eigenvalue weighted by molar-refractivity contribution is -0.121. The van der Waals surface area contributed by atoms with Crippen molar-refractivity contribution in [2.45, 2.75) is 6.54 Å². The Morgan fingerprint density at radius 3 is 2.85 bits per heavy atom. The minimum atomic E-state index is -0.137. The van der Waals surface area contributed by atoms with Crippen LogP contribution in [0.5, 0.6) is 5.75 Å². The second-order valence-corrected chi connectivity index (χ2v) is 5.09. The first kappa shape index (κ1) is 13.2. The monoisotopic (exact) mass is 308 g/mol. The van der Waals surface area contributed by atoms with Crippen molar-refractivity contribution in [3.8, 4) is 5.75 Å². The number of hydrogen-bond acceptors (Lipinski definition) is 3. The van der Waals surface area contributed by atoms with Crippen molar-refractivity contribution in [3.63, 3.8) is 0 Å². The third kappa shape index (κ3) is 2.44. The molecule has 2 aromatic rings. The minimum Gasteiger partial charge on any atom is -0.482 e. The minimum absolute atomic E-state index is 0.00913. The van der Waals surface area contributed by atoms with E-state index < -0.39 is 0 Å². The van der Waals surface area contributed by atoms with E-state index in [9.17, 15) is 4.79 Å². The van der Waals surface area contributed by atoms with Crippen LogP contribution in [0.4, 0.5) is 5.69 Å². The number of amides is 1. The molecule has 0 atom stereocenters. The Balaban J connectivity index is 1.97. The summed E-state index contributed by atoms with van der Waals surface area (Å²) >= 11 is 12.0. The van der Waals surface area contributed by atoms with E-state index in [0.717, 1.165) is 0 Å². The number of nitrogens with zero attached hydrogens (tertiary/aromatic N) is 2. The molecule has 4 nitrogen and oxygen atoms in total. The van der Waals surface area contributed by atoms with Crippen LogP contribution in [0.25, 0.3) is 0 Å². The average Bonchev–Trinajstić information content (AvgIpc) is 2.46. The van der Waals surface area contributed by atoms with Crippen molar-refractivity contribution in [1.82, 2.24) is 4.98 Å². The van der Waals surface area contributed by atoms with Gasteiger partial charge < -0.3 is 4.74 Å². The summed E-state index contributed by atoms with van der Waals surface area (Å²) in [4.78, 5) is 17.8. The van der Waals surface area contributed by atoms with Gasteiger partial charge >= 0.3 is 0 Å². The Labute approximate surface area is 125 Å². The molecule has 0 fully saturated rings. The van der Waals surface area contributed by atoms with Crippen molar-refractivity contribution in [1.29, 1.82) is 0 Å². The van der Waals surface area contributed by atoms with Gasteiger partial charge in [-0.15, -0.1) is 0 Å². The first-order valence-electron chi connectivity index (χ1n) is 5.98. The summed E-state index contributed by atoms with van der Waals surface area (Å²) in [5.41, 5.74) is 1.27. The Kier molecular flexibility index (Phi) is 3.51. The van der Waals surface area contributed by atoms with Gasteiger partial charge in [0, 0.05) is 0 Å². The zero-order chi connectivity index (χ0) is 14.1. The standard InChI is InChI=1S/C14H10Cl2N2O2/c15-9-5-6-13(16)17-10(9)7-18-11-3-1-2-4-12(11)20-8-14(18)19/h1-6H,7-8H2. The number of ether oxygens (including phenoxy) is 1. The number of carbonyl (C=O) groups is 1. The summed E-state index contributed by atoms with van der Waals surface area (Å²) in [6, 6.07) is 10.6. The Bertz CT molecular complexity index is 676. The van der Waals surface area contributed by atoms with Crippen LogP contribution in [0.3, 0.4) is 0 Å². The highest BCUT2D eigenvalue weighted by molar-refractivity contribution is 6.32. The van der Waals surface area contributed by atoms with E-state index >= 15 is 0 Å². The predicted octanol–water partition coefficient (Wildman–Crippen LogP) is 3.31. The average molecular weight is 309 g/mol. The zero-order valence-electron chi connectivity index (χ0n) is 10.3. The van der Waals surface area contributed by atoms with E-state index in [0.29, 0.717) is 27.3 Å². The maximum Gasteiger partial charge on any atom is 0.265 e. The van der Waals surface area contributed by atoms with Crippen LogP contribution in [0.2, 0.25) is 10.2 Å². The Morgan fingerprint density at radius 2 is 2.00 bits per heavy atom. The highest BCUT2D eigenvalue weighted by atomic mass is 35.5. The predicted molar refractivity (Wildman–Crippen MR) is 77.4 cm³/mol. The largest absolute Gasteiger partial charge is 0.482 e. The van der Waals surface area contributed by atoms with Crippen molar-refractivity contribution < 1.29 is 9.53 Å². The summed E-state index contributed by atoms with van der Waals surface area (Å²) < 4.78 is 5.39. The molecule has 0 saturated carbocycles. The molecule has 1 aromatic heterocycles. The molecule has 0 spiro atoms. The molecular formula is C14H10Cl2N2O2. The highest BCUT2D eigenvalue weighted by Crippen LogP contribution is 2.33. The molecule has 0 radical (unpaired) electrons. The molecule has 1 amide bonds. The second kappa shape index (κ2) is 5.31. The number of anilines is 1. The fourth-order valence-corrected chi connectivity index (χ4v) is 2.38. The highest BCUT2D eigenvalue weighted by Gasteiger charge is 2.26. The van der Waals surface area contributed by atoms with Crippen LogP contribution in [0.1, 0.15) is 5.69 Å². The fourth-order valence-electron chi connectivity index (χ4n) is 2.05. The molecule has 0 aliphatic carbocycles. The fraction of sp³-hybridized carbons (Fsp3) is 0.143. The third-order valence-electron chi connectivity index (χ3n) is 3.00. The van der Waals surface area contributed by atoms with E-state index in [1.54, 1.807) is 17.0 Å². The van der Waals surface area contributed by atoms with E-state index in [-0.39, 0.29) is 19.1 Å². The van der Waals surface area contributed by atoms with Crippen molar-refractivity contribution >= 4 is 34.8 Å².